The zero-order valence-corrected chi connectivity index (χ0v) is 19.5. The average Bonchev–Trinajstić information content (AvgIpc) is 2.74. The van der Waals surface area contributed by atoms with Crippen LogP contribution in [0.4, 0.5) is 10.5 Å². The lowest BCUT2D eigenvalue weighted by Gasteiger charge is -2.41. The molecule has 1 aromatic carbocycles. The Morgan fingerprint density at radius 3 is 2.10 bits per heavy atom. The Balaban J connectivity index is 1.86. The van der Waals surface area contributed by atoms with Gasteiger partial charge in [-0.15, -0.1) is 0 Å². The Kier molecular flexibility index (Phi) is 7.59. The second kappa shape index (κ2) is 9.99. The Hall–Kier alpha value is -2.13. The minimum Gasteiger partial charge on any atom is -0.326 e. The maximum Gasteiger partial charge on any atom is 0.334 e. The number of hydrogen-bond donors (Lipinski definition) is 1. The molecule has 0 atom stereocenters. The standard InChI is InChI=1S/C22H34N4O4S/c1-17(2)24-13-15-25(16-14-24)22(28)26(20-7-5-4-6-8-20)31(29,30)21-11-9-19(10-12-21)23-18(3)27/h9-12,17,20H,4-8,13-16H2,1-3H3,(H,23,27). The minimum absolute atomic E-state index is 0.0707. The highest BCUT2D eigenvalue weighted by Gasteiger charge is 2.39. The molecule has 0 bridgehead atoms. The van der Waals surface area contributed by atoms with E-state index >= 15 is 0 Å². The third-order valence-electron chi connectivity index (χ3n) is 6.14. The predicted molar refractivity (Wildman–Crippen MR) is 120 cm³/mol. The van der Waals surface area contributed by atoms with Crippen molar-refractivity contribution in [3.05, 3.63) is 24.3 Å². The van der Waals surface area contributed by atoms with Gasteiger partial charge in [0.05, 0.1) is 10.9 Å². The number of carbonyl (C=O) groups is 2. The molecule has 3 rings (SSSR count). The maximum absolute atomic E-state index is 13.6. The summed E-state index contributed by atoms with van der Waals surface area (Å²) in [6.45, 7) is 8.18. The van der Waals surface area contributed by atoms with E-state index < -0.39 is 16.1 Å². The van der Waals surface area contributed by atoms with E-state index in [0.717, 1.165) is 36.7 Å². The summed E-state index contributed by atoms with van der Waals surface area (Å²) in [4.78, 5) is 28.8. The van der Waals surface area contributed by atoms with Gasteiger partial charge in [-0.2, -0.15) is 0 Å². The molecule has 0 unspecified atom stereocenters. The summed E-state index contributed by atoms with van der Waals surface area (Å²) in [7, 11) is -4.01. The third kappa shape index (κ3) is 5.57. The number of benzene rings is 1. The zero-order valence-electron chi connectivity index (χ0n) is 18.7. The first-order chi connectivity index (χ1) is 14.7. The van der Waals surface area contributed by atoms with E-state index in [1.165, 1.54) is 19.1 Å². The van der Waals surface area contributed by atoms with Crippen LogP contribution in [0.5, 0.6) is 0 Å². The molecular formula is C22H34N4O4S. The highest BCUT2D eigenvalue weighted by molar-refractivity contribution is 7.89. The molecule has 0 aromatic heterocycles. The lowest BCUT2D eigenvalue weighted by Crippen LogP contribution is -2.57. The van der Waals surface area contributed by atoms with Crippen molar-refractivity contribution in [2.45, 2.75) is 69.9 Å². The molecule has 31 heavy (non-hydrogen) atoms. The summed E-state index contributed by atoms with van der Waals surface area (Å²) in [5, 5.41) is 2.64. The molecule has 2 aliphatic rings. The molecule has 1 aromatic rings. The van der Waals surface area contributed by atoms with E-state index in [1.54, 1.807) is 17.0 Å². The number of nitrogens with zero attached hydrogens (tertiary/aromatic N) is 3. The van der Waals surface area contributed by atoms with Crippen LogP contribution in [0.1, 0.15) is 52.9 Å². The van der Waals surface area contributed by atoms with E-state index in [1.807, 2.05) is 0 Å². The number of carbonyl (C=O) groups excluding carboxylic acids is 2. The molecule has 1 saturated carbocycles. The summed E-state index contributed by atoms with van der Waals surface area (Å²) in [6, 6.07) is 5.70. The molecule has 9 heteroatoms. The van der Waals surface area contributed by atoms with Crippen molar-refractivity contribution in [1.82, 2.24) is 14.1 Å². The molecule has 3 amide bonds. The van der Waals surface area contributed by atoms with Crippen LogP contribution < -0.4 is 5.32 Å². The van der Waals surface area contributed by atoms with Crippen LogP contribution in [0.15, 0.2) is 29.2 Å². The van der Waals surface area contributed by atoms with Gasteiger partial charge in [-0.25, -0.2) is 17.5 Å². The quantitative estimate of drug-likeness (QED) is 0.744. The van der Waals surface area contributed by atoms with Gasteiger partial charge in [0.25, 0.3) is 10.0 Å². The summed E-state index contributed by atoms with van der Waals surface area (Å²) < 4.78 is 28.3. The normalized spacial score (nSPS) is 18.8. The van der Waals surface area contributed by atoms with Crippen molar-refractivity contribution in [3.63, 3.8) is 0 Å². The molecule has 0 spiro atoms. The van der Waals surface area contributed by atoms with Crippen LogP contribution in [0.25, 0.3) is 0 Å². The SMILES string of the molecule is CC(=O)Nc1ccc(S(=O)(=O)N(C(=O)N2CCN(C(C)C)CC2)C2CCCCC2)cc1. The number of hydrogen-bond acceptors (Lipinski definition) is 5. The summed E-state index contributed by atoms with van der Waals surface area (Å²) in [5.41, 5.74) is 0.520. The van der Waals surface area contributed by atoms with Gasteiger partial charge in [-0.05, 0) is 51.0 Å². The van der Waals surface area contributed by atoms with E-state index in [2.05, 4.69) is 24.1 Å². The fourth-order valence-corrected chi connectivity index (χ4v) is 6.00. The minimum atomic E-state index is -4.01. The lowest BCUT2D eigenvalue weighted by molar-refractivity contribution is -0.114. The zero-order chi connectivity index (χ0) is 22.6. The molecule has 8 nitrogen and oxygen atoms in total. The first-order valence-corrected chi connectivity index (χ1v) is 12.6. The van der Waals surface area contributed by atoms with Gasteiger partial charge in [0.2, 0.25) is 5.91 Å². The number of rotatable bonds is 5. The number of amides is 3. The topological polar surface area (TPSA) is 90.0 Å². The van der Waals surface area contributed by atoms with Gasteiger partial charge in [0, 0.05) is 44.8 Å². The van der Waals surface area contributed by atoms with Crippen LogP contribution in [0.2, 0.25) is 0 Å². The van der Waals surface area contributed by atoms with Crippen LogP contribution in [-0.4, -0.2) is 72.7 Å². The van der Waals surface area contributed by atoms with E-state index in [-0.39, 0.29) is 16.8 Å². The highest BCUT2D eigenvalue weighted by atomic mass is 32.2. The summed E-state index contributed by atoms with van der Waals surface area (Å²) in [6.07, 6.45) is 4.30. The number of urea groups is 1. The van der Waals surface area contributed by atoms with Crippen LogP contribution in [0, 0.1) is 0 Å². The number of anilines is 1. The Morgan fingerprint density at radius 1 is 1.00 bits per heavy atom. The average molecular weight is 451 g/mol. The summed E-state index contributed by atoms with van der Waals surface area (Å²) >= 11 is 0. The first kappa shape index (κ1) is 23.5. The van der Waals surface area contributed by atoms with Crippen molar-refractivity contribution < 1.29 is 18.0 Å². The van der Waals surface area contributed by atoms with Crippen molar-refractivity contribution in [1.29, 1.82) is 0 Å². The number of piperazine rings is 1. The molecule has 0 radical (unpaired) electrons. The van der Waals surface area contributed by atoms with E-state index in [9.17, 15) is 18.0 Å². The molecular weight excluding hydrogens is 416 g/mol. The van der Waals surface area contributed by atoms with Crippen molar-refractivity contribution in [2.24, 2.45) is 0 Å². The molecule has 1 heterocycles. The lowest BCUT2D eigenvalue weighted by atomic mass is 9.95. The Labute approximate surface area is 185 Å². The Bertz CT molecular complexity index is 871. The summed E-state index contributed by atoms with van der Waals surface area (Å²) in [5.74, 6) is -0.227. The second-order valence-electron chi connectivity index (χ2n) is 8.70. The molecule has 1 aliphatic carbocycles. The van der Waals surface area contributed by atoms with Crippen LogP contribution in [0.3, 0.4) is 0 Å². The molecule has 1 saturated heterocycles. The third-order valence-corrected chi connectivity index (χ3v) is 7.98. The second-order valence-corrected chi connectivity index (χ2v) is 10.5. The van der Waals surface area contributed by atoms with Gasteiger partial charge < -0.3 is 10.2 Å². The maximum atomic E-state index is 13.6. The predicted octanol–water partition coefficient (Wildman–Crippen LogP) is 3.11. The van der Waals surface area contributed by atoms with Crippen molar-refractivity contribution in [3.8, 4) is 0 Å². The molecule has 1 N–H and O–H groups in total. The van der Waals surface area contributed by atoms with Crippen LogP contribution in [-0.2, 0) is 14.8 Å². The first-order valence-electron chi connectivity index (χ1n) is 11.1. The number of nitrogens with one attached hydrogen (secondary N) is 1. The molecule has 2 fully saturated rings. The van der Waals surface area contributed by atoms with Gasteiger partial charge in [-0.3, -0.25) is 9.69 Å². The van der Waals surface area contributed by atoms with Gasteiger partial charge >= 0.3 is 6.03 Å². The highest BCUT2D eigenvalue weighted by Crippen LogP contribution is 2.30. The van der Waals surface area contributed by atoms with Gasteiger partial charge in [-0.1, -0.05) is 19.3 Å². The Morgan fingerprint density at radius 2 is 1.58 bits per heavy atom. The molecule has 172 valence electrons. The van der Waals surface area contributed by atoms with Gasteiger partial charge in [0.15, 0.2) is 0 Å². The fraction of sp³-hybridized carbons (Fsp3) is 0.636. The fourth-order valence-electron chi connectivity index (χ4n) is 4.37. The monoisotopic (exact) mass is 450 g/mol. The number of sulfonamides is 1. The van der Waals surface area contributed by atoms with Crippen LogP contribution >= 0.6 is 0 Å². The van der Waals surface area contributed by atoms with Crippen molar-refractivity contribution in [2.75, 3.05) is 31.5 Å². The molecule has 1 aliphatic heterocycles. The van der Waals surface area contributed by atoms with Gasteiger partial charge in [0.1, 0.15) is 0 Å². The largest absolute Gasteiger partial charge is 0.334 e. The van der Waals surface area contributed by atoms with Crippen molar-refractivity contribution >= 4 is 27.6 Å². The van der Waals surface area contributed by atoms with E-state index in [4.69, 9.17) is 0 Å². The van der Waals surface area contributed by atoms with E-state index in [0.29, 0.717) is 37.7 Å². The smallest absolute Gasteiger partial charge is 0.326 e.